The van der Waals surface area contributed by atoms with Gasteiger partial charge in [-0.25, -0.2) is 4.98 Å². The smallest absolute Gasteiger partial charge is 0.259 e. The number of pyridine rings is 1. The Morgan fingerprint density at radius 3 is 2.58 bits per heavy atom. The monoisotopic (exact) mass is 350 g/mol. The number of carbonyl (C=O) groups is 2. The SMILES string of the molecule is CC(=O)Nc1cccc(NC(=O)c2cc(C3CC3)nc3onc(C)c23)c1. The quantitative estimate of drug-likeness (QED) is 0.749. The third-order valence-electron chi connectivity index (χ3n) is 4.32. The van der Waals surface area contributed by atoms with Crippen LogP contribution in [0.3, 0.4) is 0 Å². The predicted molar refractivity (Wildman–Crippen MR) is 97.2 cm³/mol. The van der Waals surface area contributed by atoms with Crippen LogP contribution in [-0.2, 0) is 4.79 Å². The summed E-state index contributed by atoms with van der Waals surface area (Å²) in [5.74, 6) is -0.0384. The average molecular weight is 350 g/mol. The normalized spacial score (nSPS) is 13.6. The molecule has 4 rings (SSSR count). The average Bonchev–Trinajstić information content (AvgIpc) is 3.38. The molecule has 3 aromatic rings. The number of amides is 2. The van der Waals surface area contributed by atoms with Crippen LogP contribution in [-0.4, -0.2) is 22.0 Å². The molecule has 2 amide bonds. The van der Waals surface area contributed by atoms with Crippen molar-refractivity contribution in [2.45, 2.75) is 32.6 Å². The van der Waals surface area contributed by atoms with Crippen LogP contribution in [0, 0.1) is 6.92 Å². The Hall–Kier alpha value is -3.22. The maximum absolute atomic E-state index is 12.9. The fourth-order valence-electron chi connectivity index (χ4n) is 2.96. The van der Waals surface area contributed by atoms with Gasteiger partial charge in [-0.1, -0.05) is 11.2 Å². The molecule has 0 radical (unpaired) electrons. The van der Waals surface area contributed by atoms with Crippen LogP contribution in [0.25, 0.3) is 11.1 Å². The highest BCUT2D eigenvalue weighted by atomic mass is 16.5. The molecule has 7 nitrogen and oxygen atoms in total. The second-order valence-corrected chi connectivity index (χ2v) is 6.53. The van der Waals surface area contributed by atoms with Gasteiger partial charge in [0.05, 0.1) is 16.6 Å². The highest BCUT2D eigenvalue weighted by Crippen LogP contribution is 2.40. The number of hydrogen-bond donors (Lipinski definition) is 2. The Morgan fingerprint density at radius 1 is 1.15 bits per heavy atom. The molecular weight excluding hydrogens is 332 g/mol. The Balaban J connectivity index is 1.68. The largest absolute Gasteiger partial charge is 0.336 e. The third-order valence-corrected chi connectivity index (χ3v) is 4.32. The fourth-order valence-corrected chi connectivity index (χ4v) is 2.96. The molecule has 7 heteroatoms. The summed E-state index contributed by atoms with van der Waals surface area (Å²) in [5, 5.41) is 10.2. The summed E-state index contributed by atoms with van der Waals surface area (Å²) in [6.07, 6.45) is 2.15. The first-order chi connectivity index (χ1) is 12.5. The first-order valence-corrected chi connectivity index (χ1v) is 8.47. The van der Waals surface area contributed by atoms with Gasteiger partial charge < -0.3 is 15.2 Å². The number of nitrogens with zero attached hydrogens (tertiary/aromatic N) is 2. The predicted octanol–water partition coefficient (Wildman–Crippen LogP) is 3.62. The molecule has 2 N–H and O–H groups in total. The van der Waals surface area contributed by atoms with Crippen molar-refractivity contribution in [3.63, 3.8) is 0 Å². The zero-order valence-electron chi connectivity index (χ0n) is 14.5. The topological polar surface area (TPSA) is 97.1 Å². The van der Waals surface area contributed by atoms with Gasteiger partial charge in [-0.3, -0.25) is 9.59 Å². The first kappa shape index (κ1) is 16.3. The van der Waals surface area contributed by atoms with Crippen LogP contribution in [0.1, 0.15) is 47.4 Å². The second kappa shape index (κ2) is 6.25. The van der Waals surface area contributed by atoms with Crippen LogP contribution in [0.5, 0.6) is 0 Å². The highest BCUT2D eigenvalue weighted by Gasteiger charge is 2.28. The van der Waals surface area contributed by atoms with Gasteiger partial charge in [-0.15, -0.1) is 0 Å². The summed E-state index contributed by atoms with van der Waals surface area (Å²) in [5.41, 5.74) is 3.60. The van der Waals surface area contributed by atoms with Gasteiger partial charge in [0.2, 0.25) is 5.91 Å². The molecule has 0 bridgehead atoms. The van der Waals surface area contributed by atoms with E-state index in [2.05, 4.69) is 20.8 Å². The molecule has 26 heavy (non-hydrogen) atoms. The number of anilines is 2. The number of nitrogens with one attached hydrogen (secondary N) is 2. The van der Waals surface area contributed by atoms with Gasteiger partial charge in [-0.2, -0.15) is 0 Å². The number of hydrogen-bond acceptors (Lipinski definition) is 5. The Labute approximate surface area is 149 Å². The molecule has 2 aromatic heterocycles. The fraction of sp³-hybridized carbons (Fsp3) is 0.263. The van der Waals surface area contributed by atoms with Crippen molar-refractivity contribution in [1.82, 2.24) is 10.1 Å². The lowest BCUT2D eigenvalue weighted by Gasteiger charge is -2.09. The zero-order chi connectivity index (χ0) is 18.3. The second-order valence-electron chi connectivity index (χ2n) is 6.53. The molecule has 1 aliphatic carbocycles. The molecule has 0 spiro atoms. The zero-order valence-corrected chi connectivity index (χ0v) is 14.5. The summed E-state index contributed by atoms with van der Waals surface area (Å²) in [7, 11) is 0. The van der Waals surface area contributed by atoms with Crippen LogP contribution < -0.4 is 10.6 Å². The van der Waals surface area contributed by atoms with Gasteiger partial charge in [-0.05, 0) is 44.0 Å². The van der Waals surface area contributed by atoms with E-state index in [0.29, 0.717) is 39.6 Å². The minimum absolute atomic E-state index is 0.168. The van der Waals surface area contributed by atoms with E-state index in [1.54, 1.807) is 31.2 Å². The number of carbonyl (C=O) groups excluding carboxylic acids is 2. The highest BCUT2D eigenvalue weighted by molar-refractivity contribution is 6.12. The van der Waals surface area contributed by atoms with E-state index in [-0.39, 0.29) is 11.8 Å². The molecule has 2 heterocycles. The van der Waals surface area contributed by atoms with Crippen LogP contribution in [0.4, 0.5) is 11.4 Å². The maximum atomic E-state index is 12.9. The molecule has 1 saturated carbocycles. The molecule has 1 aliphatic rings. The van der Waals surface area contributed by atoms with Crippen molar-refractivity contribution in [1.29, 1.82) is 0 Å². The van der Waals surface area contributed by atoms with Gasteiger partial charge in [0.25, 0.3) is 11.6 Å². The number of aromatic nitrogens is 2. The van der Waals surface area contributed by atoms with Crippen molar-refractivity contribution in [2.75, 3.05) is 10.6 Å². The van der Waals surface area contributed by atoms with E-state index in [9.17, 15) is 9.59 Å². The van der Waals surface area contributed by atoms with Gasteiger partial charge in [0.1, 0.15) is 0 Å². The Morgan fingerprint density at radius 2 is 1.88 bits per heavy atom. The van der Waals surface area contributed by atoms with Crippen molar-refractivity contribution in [3.05, 3.63) is 47.3 Å². The summed E-state index contributed by atoms with van der Waals surface area (Å²) < 4.78 is 5.28. The summed E-state index contributed by atoms with van der Waals surface area (Å²) >= 11 is 0. The lowest BCUT2D eigenvalue weighted by atomic mass is 10.1. The first-order valence-electron chi connectivity index (χ1n) is 8.47. The van der Waals surface area contributed by atoms with Crippen LogP contribution >= 0.6 is 0 Å². The number of benzene rings is 1. The lowest BCUT2D eigenvalue weighted by Crippen LogP contribution is -2.14. The molecule has 1 fully saturated rings. The standard InChI is InChI=1S/C19H18N4O3/c1-10-17-15(9-16(12-6-7-12)22-19(17)26-23-10)18(25)21-14-5-3-4-13(8-14)20-11(2)24/h3-5,8-9,12H,6-7H2,1-2H3,(H,20,24)(H,21,25). The Kier molecular flexibility index (Phi) is 3.91. The van der Waals surface area contributed by atoms with E-state index in [1.807, 2.05) is 6.07 Å². The molecule has 0 unspecified atom stereocenters. The minimum atomic E-state index is -0.259. The maximum Gasteiger partial charge on any atom is 0.259 e. The lowest BCUT2D eigenvalue weighted by molar-refractivity contribution is -0.114. The van der Waals surface area contributed by atoms with Crippen molar-refractivity contribution in [3.8, 4) is 0 Å². The van der Waals surface area contributed by atoms with E-state index in [0.717, 1.165) is 18.5 Å². The Bertz CT molecular complexity index is 1020. The van der Waals surface area contributed by atoms with Gasteiger partial charge >= 0.3 is 0 Å². The van der Waals surface area contributed by atoms with Crippen molar-refractivity contribution >= 4 is 34.3 Å². The number of fused-ring (bicyclic) bond motifs is 1. The molecule has 0 aliphatic heterocycles. The minimum Gasteiger partial charge on any atom is -0.336 e. The molecule has 0 atom stereocenters. The van der Waals surface area contributed by atoms with Gasteiger partial charge in [0, 0.05) is 29.9 Å². The molecular formula is C19H18N4O3. The van der Waals surface area contributed by atoms with E-state index in [4.69, 9.17) is 4.52 Å². The molecule has 1 aromatic carbocycles. The van der Waals surface area contributed by atoms with E-state index < -0.39 is 0 Å². The number of rotatable bonds is 4. The van der Waals surface area contributed by atoms with Gasteiger partial charge in [0.15, 0.2) is 0 Å². The number of aryl methyl sites for hydroxylation is 1. The van der Waals surface area contributed by atoms with Crippen molar-refractivity contribution in [2.24, 2.45) is 0 Å². The molecule has 132 valence electrons. The van der Waals surface area contributed by atoms with Crippen LogP contribution in [0.2, 0.25) is 0 Å². The summed E-state index contributed by atoms with van der Waals surface area (Å²) in [4.78, 5) is 28.6. The summed E-state index contributed by atoms with van der Waals surface area (Å²) in [6.45, 7) is 3.23. The molecule has 0 saturated heterocycles. The van der Waals surface area contributed by atoms with E-state index >= 15 is 0 Å². The summed E-state index contributed by atoms with van der Waals surface area (Å²) in [6, 6.07) is 8.83. The van der Waals surface area contributed by atoms with Crippen molar-refractivity contribution < 1.29 is 14.1 Å². The third kappa shape index (κ3) is 3.15. The van der Waals surface area contributed by atoms with E-state index in [1.165, 1.54) is 6.92 Å². The van der Waals surface area contributed by atoms with Crippen LogP contribution in [0.15, 0.2) is 34.9 Å².